The zero-order valence-corrected chi connectivity index (χ0v) is 24.6. The fraction of sp³-hybridized carbons (Fsp3) is 0.419. The van der Waals surface area contributed by atoms with Gasteiger partial charge in [0.1, 0.15) is 24.1 Å². The number of anilines is 1. The van der Waals surface area contributed by atoms with Gasteiger partial charge in [0, 0.05) is 67.8 Å². The van der Waals surface area contributed by atoms with E-state index >= 15 is 4.39 Å². The number of ether oxygens (including phenoxy) is 1. The number of benzene rings is 2. The zero-order valence-electron chi connectivity index (χ0n) is 23.8. The minimum absolute atomic E-state index is 0.0524. The Hall–Kier alpha value is -3.99. The molecule has 12 heteroatoms. The summed E-state index contributed by atoms with van der Waals surface area (Å²) in [5, 5.41) is 0.723. The molecular formula is C31H32ClF2N5O4. The van der Waals surface area contributed by atoms with Crippen molar-refractivity contribution in [3.63, 3.8) is 0 Å². The maximum absolute atomic E-state index is 15.1. The Kier molecular flexibility index (Phi) is 7.85. The minimum Gasteiger partial charge on any atom is -0.488 e. The Morgan fingerprint density at radius 1 is 1.21 bits per heavy atom. The largest absolute Gasteiger partial charge is 0.488 e. The normalized spacial score (nSPS) is 20.1. The smallest absolute Gasteiger partial charge is 0.350 e. The Morgan fingerprint density at radius 3 is 2.72 bits per heavy atom. The minimum atomic E-state index is -0.807. The van der Waals surface area contributed by atoms with Gasteiger partial charge in [-0.2, -0.15) is 4.98 Å². The first-order valence-corrected chi connectivity index (χ1v) is 14.9. The average molecular weight is 612 g/mol. The van der Waals surface area contributed by atoms with Gasteiger partial charge in [-0.05, 0) is 50.5 Å². The van der Waals surface area contributed by atoms with Crippen LogP contribution in [0.25, 0.3) is 22.0 Å². The quantitative estimate of drug-likeness (QED) is 0.364. The first-order chi connectivity index (χ1) is 20.7. The van der Waals surface area contributed by atoms with Crippen LogP contribution in [0, 0.1) is 11.6 Å². The van der Waals surface area contributed by atoms with E-state index in [0.29, 0.717) is 62.2 Å². The molecule has 0 aliphatic carbocycles. The van der Waals surface area contributed by atoms with E-state index in [0.717, 1.165) is 25.1 Å². The summed E-state index contributed by atoms with van der Waals surface area (Å²) in [6.45, 7) is 8.20. The van der Waals surface area contributed by atoms with E-state index in [1.807, 2.05) is 16.7 Å². The highest BCUT2D eigenvalue weighted by Crippen LogP contribution is 2.47. The van der Waals surface area contributed by atoms with Gasteiger partial charge in [-0.3, -0.25) is 14.2 Å². The SMILES string of the molecule is C=CC(=O)N1CCN(c2nc(=O)n3c4c(c(-c5ccc(F)cc5F)c(Cl)cc24)OCC3CCCN2CCCC2=O)[C@@H](C)C1. The van der Waals surface area contributed by atoms with Crippen LogP contribution in [0.2, 0.25) is 5.02 Å². The fourth-order valence-corrected chi connectivity index (χ4v) is 6.79. The maximum atomic E-state index is 15.1. The number of carbonyl (C=O) groups excluding carboxylic acids is 2. The van der Waals surface area contributed by atoms with E-state index < -0.39 is 17.3 Å². The first kappa shape index (κ1) is 29.1. The summed E-state index contributed by atoms with van der Waals surface area (Å²) >= 11 is 6.81. The second-order valence-electron chi connectivity index (χ2n) is 11.3. The van der Waals surface area contributed by atoms with Crippen molar-refractivity contribution in [2.24, 2.45) is 0 Å². The molecule has 2 fully saturated rings. The highest BCUT2D eigenvalue weighted by Gasteiger charge is 2.34. The van der Waals surface area contributed by atoms with Gasteiger partial charge in [0.25, 0.3) is 0 Å². The molecule has 0 spiro atoms. The summed E-state index contributed by atoms with van der Waals surface area (Å²) in [4.78, 5) is 48.2. The van der Waals surface area contributed by atoms with Gasteiger partial charge in [0.2, 0.25) is 11.8 Å². The standard InChI is InChI=1S/C31H32ClF2N5O4/c1-3-25(40)37-12-13-38(18(2)16-37)30-22-15-23(32)27(21-9-8-19(33)14-24(21)34)29-28(22)39(31(42)35-30)20(17-43-29)6-4-10-36-11-5-7-26(36)41/h3,8-9,14-15,18,20H,1,4-7,10-13,16-17H2,2H3/t18-,20?/m0/s1. The lowest BCUT2D eigenvalue weighted by Crippen LogP contribution is -2.54. The highest BCUT2D eigenvalue weighted by atomic mass is 35.5. The van der Waals surface area contributed by atoms with Crippen molar-refractivity contribution < 1.29 is 23.1 Å². The van der Waals surface area contributed by atoms with Crippen LogP contribution < -0.4 is 15.3 Å². The molecule has 0 radical (unpaired) electrons. The maximum Gasteiger partial charge on any atom is 0.350 e. The van der Waals surface area contributed by atoms with Gasteiger partial charge in [0.15, 0.2) is 5.75 Å². The van der Waals surface area contributed by atoms with Crippen LogP contribution in [-0.4, -0.2) is 76.5 Å². The monoisotopic (exact) mass is 611 g/mol. The van der Waals surface area contributed by atoms with E-state index in [4.69, 9.17) is 16.3 Å². The number of halogens is 3. The Bertz CT molecular complexity index is 1700. The van der Waals surface area contributed by atoms with E-state index in [1.165, 1.54) is 12.1 Å². The third kappa shape index (κ3) is 5.24. The highest BCUT2D eigenvalue weighted by molar-refractivity contribution is 6.35. The molecule has 0 saturated carbocycles. The van der Waals surface area contributed by atoms with Gasteiger partial charge in [-0.15, -0.1) is 0 Å². The lowest BCUT2D eigenvalue weighted by atomic mass is 9.98. The van der Waals surface area contributed by atoms with Crippen LogP contribution in [-0.2, 0) is 9.59 Å². The number of carbonyl (C=O) groups is 2. The van der Waals surface area contributed by atoms with Gasteiger partial charge < -0.3 is 19.4 Å². The number of likely N-dealkylation sites (tertiary alicyclic amines) is 1. The van der Waals surface area contributed by atoms with Gasteiger partial charge >= 0.3 is 5.69 Å². The summed E-state index contributed by atoms with van der Waals surface area (Å²) in [6, 6.07) is 4.32. The van der Waals surface area contributed by atoms with Crippen molar-refractivity contribution in [2.75, 3.05) is 44.2 Å². The van der Waals surface area contributed by atoms with E-state index in [-0.39, 0.29) is 52.4 Å². The molecule has 2 atom stereocenters. The summed E-state index contributed by atoms with van der Waals surface area (Å²) in [5.41, 5.74) is 0.228. The molecule has 3 aromatic rings. The van der Waals surface area contributed by atoms with Crippen LogP contribution in [0.1, 0.15) is 38.6 Å². The Balaban J connectivity index is 1.46. The number of amides is 2. The molecule has 2 saturated heterocycles. The molecule has 1 unspecified atom stereocenters. The summed E-state index contributed by atoms with van der Waals surface area (Å²) in [5.74, 6) is -0.935. The molecule has 0 bridgehead atoms. The Morgan fingerprint density at radius 2 is 2.02 bits per heavy atom. The first-order valence-electron chi connectivity index (χ1n) is 14.5. The van der Waals surface area contributed by atoms with Gasteiger partial charge in [-0.25, -0.2) is 13.6 Å². The van der Waals surface area contributed by atoms with E-state index in [2.05, 4.69) is 11.6 Å². The van der Waals surface area contributed by atoms with Crippen molar-refractivity contribution in [3.8, 4) is 16.9 Å². The fourth-order valence-electron chi connectivity index (χ4n) is 6.49. The lowest BCUT2D eigenvalue weighted by Gasteiger charge is -2.41. The summed E-state index contributed by atoms with van der Waals surface area (Å²) < 4.78 is 36.8. The van der Waals surface area contributed by atoms with Crippen molar-refractivity contribution in [3.05, 3.63) is 64.1 Å². The molecular weight excluding hydrogens is 580 g/mol. The van der Waals surface area contributed by atoms with Crippen molar-refractivity contribution >= 4 is 40.1 Å². The molecule has 0 N–H and O–H groups in total. The third-order valence-electron chi connectivity index (χ3n) is 8.60. The lowest BCUT2D eigenvalue weighted by molar-refractivity contribution is -0.128. The predicted molar refractivity (Wildman–Crippen MR) is 160 cm³/mol. The number of hydrogen-bond donors (Lipinski definition) is 0. The third-order valence-corrected chi connectivity index (χ3v) is 8.90. The van der Waals surface area contributed by atoms with E-state index in [1.54, 1.807) is 15.5 Å². The molecule has 2 aromatic carbocycles. The van der Waals surface area contributed by atoms with Gasteiger partial charge in [-0.1, -0.05) is 18.2 Å². The van der Waals surface area contributed by atoms with Crippen LogP contribution in [0.5, 0.6) is 5.75 Å². The topological polar surface area (TPSA) is 88.0 Å². The molecule has 43 heavy (non-hydrogen) atoms. The number of hydrogen-bond acceptors (Lipinski definition) is 6. The van der Waals surface area contributed by atoms with Crippen molar-refractivity contribution in [1.82, 2.24) is 19.4 Å². The molecule has 1 aromatic heterocycles. The zero-order chi connectivity index (χ0) is 30.4. The average Bonchev–Trinajstić information content (AvgIpc) is 3.39. The van der Waals surface area contributed by atoms with Crippen LogP contribution in [0.4, 0.5) is 14.6 Å². The number of nitrogens with zero attached hydrogens (tertiary/aromatic N) is 5. The summed E-state index contributed by atoms with van der Waals surface area (Å²) in [6.07, 6.45) is 3.91. The number of rotatable bonds is 7. The molecule has 9 nitrogen and oxygen atoms in total. The number of piperazine rings is 1. The van der Waals surface area contributed by atoms with Crippen LogP contribution >= 0.6 is 11.6 Å². The van der Waals surface area contributed by atoms with Crippen molar-refractivity contribution in [1.29, 1.82) is 0 Å². The predicted octanol–water partition coefficient (Wildman–Crippen LogP) is 4.55. The molecule has 4 heterocycles. The van der Waals surface area contributed by atoms with Crippen LogP contribution in [0.3, 0.4) is 0 Å². The molecule has 3 aliphatic heterocycles. The second-order valence-corrected chi connectivity index (χ2v) is 11.7. The molecule has 226 valence electrons. The van der Waals surface area contributed by atoms with Crippen molar-refractivity contribution in [2.45, 2.75) is 44.7 Å². The second kappa shape index (κ2) is 11.6. The molecule has 2 amide bonds. The Labute approximate surface area is 252 Å². The molecule has 3 aliphatic rings. The molecule has 6 rings (SSSR count). The van der Waals surface area contributed by atoms with Gasteiger partial charge in [0.05, 0.1) is 16.6 Å². The van der Waals surface area contributed by atoms with Crippen LogP contribution in [0.15, 0.2) is 41.7 Å². The van der Waals surface area contributed by atoms with E-state index in [9.17, 15) is 18.8 Å². The number of aromatic nitrogens is 2. The summed E-state index contributed by atoms with van der Waals surface area (Å²) in [7, 11) is 0.